The average molecular weight is 378 g/mol. The molecule has 2 heterocycles. The third kappa shape index (κ3) is 3.15. The molecule has 3 aromatic rings. The highest BCUT2D eigenvalue weighted by Crippen LogP contribution is 2.33. The number of aromatic amines is 1. The van der Waals surface area contributed by atoms with Crippen LogP contribution in [0.1, 0.15) is 0 Å². The first-order valence-electron chi connectivity index (χ1n) is 6.09. The number of nitrogens with zero attached hydrogens (tertiary/aromatic N) is 4. The molecule has 0 aliphatic rings. The fraction of sp³-hybridized carbons (Fsp3) is 0. The van der Waals surface area contributed by atoms with Gasteiger partial charge < -0.3 is 0 Å². The fourth-order valence-corrected chi connectivity index (χ4v) is 2.79. The molecule has 7 nitrogen and oxygen atoms in total. The van der Waals surface area contributed by atoms with E-state index in [9.17, 15) is 10.1 Å². The Morgan fingerprint density at radius 2 is 2.05 bits per heavy atom. The van der Waals surface area contributed by atoms with E-state index in [1.54, 1.807) is 0 Å². The van der Waals surface area contributed by atoms with Crippen LogP contribution in [0.3, 0.4) is 0 Å². The van der Waals surface area contributed by atoms with Crippen LogP contribution in [-0.4, -0.2) is 25.1 Å². The molecular weight excluding hydrogens is 370 g/mol. The number of aromatic nitrogens is 4. The Kier molecular flexibility index (Phi) is 4.16. The van der Waals surface area contributed by atoms with Crippen molar-refractivity contribution in [3.05, 3.63) is 57.2 Å². The molecule has 22 heavy (non-hydrogen) atoms. The average Bonchev–Trinajstić information content (AvgIpc) is 2.98. The van der Waals surface area contributed by atoms with E-state index in [0.717, 1.165) is 17.3 Å². The number of halogens is 1. The van der Waals surface area contributed by atoms with Crippen LogP contribution >= 0.6 is 27.7 Å². The molecule has 0 radical (unpaired) electrons. The maximum absolute atomic E-state index is 11.1. The van der Waals surface area contributed by atoms with Crippen LogP contribution in [-0.2, 0) is 0 Å². The highest BCUT2D eigenvalue weighted by molar-refractivity contribution is 9.10. The number of benzene rings is 1. The zero-order valence-corrected chi connectivity index (χ0v) is 13.3. The summed E-state index contributed by atoms with van der Waals surface area (Å²) in [6.07, 6.45) is 1.50. The Balaban J connectivity index is 1.89. The SMILES string of the molecule is O=[N+]([O-])c1cc(Br)cnc1Sc1n[nH]c(-c2ccccc2)n1. The van der Waals surface area contributed by atoms with E-state index in [1.165, 1.54) is 12.3 Å². The first-order chi connectivity index (χ1) is 10.6. The van der Waals surface area contributed by atoms with E-state index in [1.807, 2.05) is 30.3 Å². The number of pyridine rings is 1. The minimum absolute atomic E-state index is 0.0922. The summed E-state index contributed by atoms with van der Waals surface area (Å²) >= 11 is 4.21. The van der Waals surface area contributed by atoms with Crippen LogP contribution in [0.5, 0.6) is 0 Å². The van der Waals surface area contributed by atoms with Crippen molar-refractivity contribution < 1.29 is 4.92 Å². The molecule has 0 atom stereocenters. The number of H-pyrrole nitrogens is 1. The molecule has 1 aromatic carbocycles. The number of rotatable bonds is 4. The molecule has 0 fully saturated rings. The second kappa shape index (κ2) is 6.24. The van der Waals surface area contributed by atoms with Gasteiger partial charge in [0.2, 0.25) is 5.16 Å². The van der Waals surface area contributed by atoms with Crippen LogP contribution in [0.4, 0.5) is 5.69 Å². The van der Waals surface area contributed by atoms with Crippen molar-refractivity contribution in [1.29, 1.82) is 0 Å². The lowest BCUT2D eigenvalue weighted by molar-refractivity contribution is -0.388. The minimum atomic E-state index is -0.481. The Labute approximate surface area is 137 Å². The van der Waals surface area contributed by atoms with Crippen molar-refractivity contribution in [1.82, 2.24) is 20.2 Å². The summed E-state index contributed by atoms with van der Waals surface area (Å²) in [5.41, 5.74) is 0.797. The molecule has 0 bridgehead atoms. The van der Waals surface area contributed by atoms with Gasteiger partial charge in [0, 0.05) is 22.3 Å². The van der Waals surface area contributed by atoms with Crippen molar-refractivity contribution in [3.63, 3.8) is 0 Å². The molecule has 0 spiro atoms. The molecule has 0 saturated heterocycles. The van der Waals surface area contributed by atoms with Gasteiger partial charge in [-0.2, -0.15) is 0 Å². The Morgan fingerprint density at radius 1 is 1.27 bits per heavy atom. The van der Waals surface area contributed by atoms with Gasteiger partial charge in [-0.15, -0.1) is 5.10 Å². The van der Waals surface area contributed by atoms with Gasteiger partial charge in [0.05, 0.1) is 4.92 Å². The summed E-state index contributed by atoms with van der Waals surface area (Å²) in [4.78, 5) is 19.0. The molecule has 3 rings (SSSR count). The monoisotopic (exact) mass is 377 g/mol. The van der Waals surface area contributed by atoms with E-state index in [2.05, 4.69) is 36.1 Å². The van der Waals surface area contributed by atoms with Crippen LogP contribution in [0, 0.1) is 10.1 Å². The van der Waals surface area contributed by atoms with Crippen molar-refractivity contribution in [2.24, 2.45) is 0 Å². The molecule has 0 aliphatic carbocycles. The Hall–Kier alpha value is -2.26. The van der Waals surface area contributed by atoms with Gasteiger partial charge in [0.1, 0.15) is 0 Å². The molecule has 2 aromatic heterocycles. The van der Waals surface area contributed by atoms with E-state index in [4.69, 9.17) is 0 Å². The van der Waals surface area contributed by atoms with E-state index in [-0.39, 0.29) is 10.7 Å². The van der Waals surface area contributed by atoms with Crippen molar-refractivity contribution in [3.8, 4) is 11.4 Å². The smallest absolute Gasteiger partial charge is 0.258 e. The molecular formula is C13H8BrN5O2S. The topological polar surface area (TPSA) is 97.6 Å². The summed E-state index contributed by atoms with van der Waals surface area (Å²) < 4.78 is 0.545. The molecule has 9 heteroatoms. The Bertz CT molecular complexity index is 824. The molecule has 0 aliphatic heterocycles. The number of nitro groups is 1. The standard InChI is InChI=1S/C13H8BrN5O2S/c14-9-6-10(19(20)21)12(15-7-9)22-13-16-11(17-18-13)8-4-2-1-3-5-8/h1-7H,(H,16,17,18). The van der Waals surface area contributed by atoms with Crippen LogP contribution < -0.4 is 0 Å². The zero-order valence-electron chi connectivity index (χ0n) is 10.9. The van der Waals surface area contributed by atoms with Crippen molar-refractivity contribution in [2.75, 3.05) is 0 Å². The second-order valence-electron chi connectivity index (χ2n) is 4.17. The van der Waals surface area contributed by atoms with E-state index >= 15 is 0 Å². The molecule has 0 saturated carbocycles. The summed E-state index contributed by atoms with van der Waals surface area (Å²) in [6.45, 7) is 0. The van der Waals surface area contributed by atoms with Gasteiger partial charge in [0.15, 0.2) is 10.9 Å². The van der Waals surface area contributed by atoms with Crippen LogP contribution in [0.25, 0.3) is 11.4 Å². The largest absolute Gasteiger partial charge is 0.302 e. The number of nitrogens with one attached hydrogen (secondary N) is 1. The summed E-state index contributed by atoms with van der Waals surface area (Å²) in [6, 6.07) is 10.9. The molecule has 0 amide bonds. The first kappa shape index (κ1) is 14.7. The lowest BCUT2D eigenvalue weighted by Crippen LogP contribution is -1.93. The van der Waals surface area contributed by atoms with Gasteiger partial charge in [-0.05, 0) is 27.7 Å². The third-order valence-corrected chi connectivity index (χ3v) is 4.00. The normalized spacial score (nSPS) is 10.6. The molecule has 110 valence electrons. The van der Waals surface area contributed by atoms with Gasteiger partial charge in [-0.3, -0.25) is 15.2 Å². The predicted octanol–water partition coefficient (Wildman–Crippen LogP) is 3.69. The maximum Gasteiger partial charge on any atom is 0.302 e. The number of hydrogen-bond donors (Lipinski definition) is 1. The fourth-order valence-electron chi connectivity index (χ4n) is 1.73. The number of hydrogen-bond acceptors (Lipinski definition) is 6. The molecule has 0 unspecified atom stereocenters. The highest BCUT2D eigenvalue weighted by atomic mass is 79.9. The van der Waals surface area contributed by atoms with Crippen molar-refractivity contribution >= 4 is 33.4 Å². The van der Waals surface area contributed by atoms with Gasteiger partial charge in [0.25, 0.3) is 0 Å². The summed E-state index contributed by atoms with van der Waals surface area (Å²) in [5.74, 6) is 0.600. The van der Waals surface area contributed by atoms with Crippen molar-refractivity contribution in [2.45, 2.75) is 10.2 Å². The Morgan fingerprint density at radius 3 is 2.77 bits per heavy atom. The highest BCUT2D eigenvalue weighted by Gasteiger charge is 2.19. The quantitative estimate of drug-likeness (QED) is 0.549. The van der Waals surface area contributed by atoms with Gasteiger partial charge in [-0.25, -0.2) is 9.97 Å². The van der Waals surface area contributed by atoms with Crippen LogP contribution in [0.2, 0.25) is 0 Å². The first-order valence-corrected chi connectivity index (χ1v) is 7.70. The summed E-state index contributed by atoms with van der Waals surface area (Å²) in [7, 11) is 0. The predicted molar refractivity (Wildman–Crippen MR) is 84.5 cm³/mol. The maximum atomic E-state index is 11.1. The third-order valence-electron chi connectivity index (χ3n) is 2.70. The lowest BCUT2D eigenvalue weighted by atomic mass is 10.2. The molecule has 1 N–H and O–H groups in total. The van der Waals surface area contributed by atoms with E-state index in [0.29, 0.717) is 15.5 Å². The van der Waals surface area contributed by atoms with E-state index < -0.39 is 4.92 Å². The van der Waals surface area contributed by atoms with Crippen LogP contribution in [0.15, 0.2) is 57.3 Å². The summed E-state index contributed by atoms with van der Waals surface area (Å²) in [5, 5.41) is 18.6. The van der Waals surface area contributed by atoms with Gasteiger partial charge in [-0.1, -0.05) is 30.3 Å². The zero-order chi connectivity index (χ0) is 15.5. The minimum Gasteiger partial charge on any atom is -0.258 e. The lowest BCUT2D eigenvalue weighted by Gasteiger charge is -1.99. The second-order valence-corrected chi connectivity index (χ2v) is 6.04. The van der Waals surface area contributed by atoms with Gasteiger partial charge >= 0.3 is 5.69 Å².